The van der Waals surface area contributed by atoms with Gasteiger partial charge < -0.3 is 15.5 Å². The zero-order chi connectivity index (χ0) is 16.4. The van der Waals surface area contributed by atoms with Crippen LogP contribution in [0.1, 0.15) is 28.8 Å². The van der Waals surface area contributed by atoms with Crippen LogP contribution in [0.25, 0.3) is 11.2 Å². The first-order valence-corrected chi connectivity index (χ1v) is 7.53. The van der Waals surface area contributed by atoms with Gasteiger partial charge in [-0.2, -0.15) is 0 Å². The number of rotatable bonds is 5. The summed E-state index contributed by atoms with van der Waals surface area (Å²) >= 11 is 0. The van der Waals surface area contributed by atoms with E-state index in [0.717, 1.165) is 11.5 Å². The molecule has 0 atom stereocenters. The molecule has 3 rings (SSSR count). The van der Waals surface area contributed by atoms with Crippen LogP contribution in [-0.4, -0.2) is 27.0 Å². The van der Waals surface area contributed by atoms with Gasteiger partial charge in [0.1, 0.15) is 17.0 Å². The highest BCUT2D eigenvalue weighted by atomic mass is 16.3. The lowest BCUT2D eigenvalue weighted by Crippen LogP contribution is -2.25. The second-order valence-electron chi connectivity index (χ2n) is 5.30. The minimum absolute atomic E-state index is 0.188. The first-order valence-electron chi connectivity index (χ1n) is 7.53. The Bertz CT molecular complexity index is 849. The number of furan rings is 1. The summed E-state index contributed by atoms with van der Waals surface area (Å²) in [6.45, 7) is 5.04. The Balaban J connectivity index is 1.68. The molecule has 3 heterocycles. The van der Waals surface area contributed by atoms with Crippen molar-refractivity contribution in [2.24, 2.45) is 0 Å². The molecule has 0 aliphatic heterocycles. The smallest absolute Gasteiger partial charge is 0.252 e. The summed E-state index contributed by atoms with van der Waals surface area (Å²) in [4.78, 5) is 20.7. The van der Waals surface area contributed by atoms with E-state index >= 15 is 0 Å². The maximum Gasteiger partial charge on any atom is 0.252 e. The lowest BCUT2D eigenvalue weighted by Gasteiger charge is -2.04. The molecule has 3 aromatic rings. The molecule has 0 saturated carbocycles. The first kappa shape index (κ1) is 15.1. The van der Waals surface area contributed by atoms with Crippen LogP contribution in [-0.2, 0) is 13.0 Å². The highest BCUT2D eigenvalue weighted by Gasteiger charge is 2.12. The van der Waals surface area contributed by atoms with Crippen LogP contribution >= 0.6 is 0 Å². The van der Waals surface area contributed by atoms with Gasteiger partial charge in [0.2, 0.25) is 5.95 Å². The Morgan fingerprint density at radius 2 is 2.26 bits per heavy atom. The number of nitrogens with one attached hydrogen (secondary N) is 1. The molecular weight excluding hydrogens is 294 g/mol. The van der Waals surface area contributed by atoms with E-state index in [2.05, 4.69) is 15.3 Å². The van der Waals surface area contributed by atoms with Crippen LogP contribution in [0.2, 0.25) is 0 Å². The molecule has 0 unspecified atom stereocenters. The van der Waals surface area contributed by atoms with Crippen molar-refractivity contribution in [3.8, 4) is 0 Å². The average Bonchev–Trinajstić information content (AvgIpc) is 3.08. The molecule has 0 aromatic carbocycles. The minimum Gasteiger partial charge on any atom is -0.466 e. The van der Waals surface area contributed by atoms with E-state index in [1.54, 1.807) is 16.8 Å². The Kier molecular flexibility index (Phi) is 4.01. The SMILES string of the molecule is CCn1c(N)nc2cc(C(=O)NCCc3ccc(C)o3)cnc21. The zero-order valence-electron chi connectivity index (χ0n) is 13.2. The van der Waals surface area contributed by atoms with Gasteiger partial charge in [0.05, 0.1) is 5.56 Å². The second kappa shape index (κ2) is 6.12. The molecule has 120 valence electrons. The molecule has 0 fully saturated rings. The van der Waals surface area contributed by atoms with Crippen molar-refractivity contribution in [2.75, 3.05) is 12.3 Å². The van der Waals surface area contributed by atoms with Crippen molar-refractivity contribution in [3.05, 3.63) is 41.5 Å². The number of fused-ring (bicyclic) bond motifs is 1. The third-order valence-corrected chi connectivity index (χ3v) is 3.65. The van der Waals surface area contributed by atoms with Crippen LogP contribution in [0.5, 0.6) is 0 Å². The predicted octanol–water partition coefficient (Wildman–Crippen LogP) is 1.91. The van der Waals surface area contributed by atoms with Gasteiger partial charge in [0.25, 0.3) is 5.91 Å². The molecule has 0 bridgehead atoms. The molecule has 1 amide bonds. The van der Waals surface area contributed by atoms with Crippen LogP contribution in [0.4, 0.5) is 5.95 Å². The molecule has 0 radical (unpaired) electrons. The molecule has 3 N–H and O–H groups in total. The molecule has 0 saturated heterocycles. The van der Waals surface area contributed by atoms with Crippen molar-refractivity contribution in [1.82, 2.24) is 19.9 Å². The number of nitrogen functional groups attached to an aromatic ring is 1. The lowest BCUT2D eigenvalue weighted by molar-refractivity contribution is 0.0953. The van der Waals surface area contributed by atoms with Crippen molar-refractivity contribution in [1.29, 1.82) is 0 Å². The number of hydrogen-bond acceptors (Lipinski definition) is 5. The molecule has 3 aromatic heterocycles. The minimum atomic E-state index is -0.188. The van der Waals surface area contributed by atoms with Gasteiger partial charge in [-0.05, 0) is 32.0 Å². The van der Waals surface area contributed by atoms with Gasteiger partial charge in [0.15, 0.2) is 5.65 Å². The number of carbonyl (C=O) groups excluding carboxylic acids is 1. The summed E-state index contributed by atoms with van der Waals surface area (Å²) in [6.07, 6.45) is 2.19. The zero-order valence-corrected chi connectivity index (χ0v) is 13.2. The number of aromatic nitrogens is 3. The third-order valence-electron chi connectivity index (χ3n) is 3.65. The number of aryl methyl sites for hydroxylation is 2. The van der Waals surface area contributed by atoms with E-state index < -0.39 is 0 Å². The topological polar surface area (TPSA) is 99.0 Å². The van der Waals surface area contributed by atoms with Crippen LogP contribution < -0.4 is 11.1 Å². The number of amides is 1. The first-order chi connectivity index (χ1) is 11.1. The van der Waals surface area contributed by atoms with Gasteiger partial charge in [-0.15, -0.1) is 0 Å². The van der Waals surface area contributed by atoms with Crippen LogP contribution in [0.3, 0.4) is 0 Å². The molecule has 0 aliphatic rings. The second-order valence-corrected chi connectivity index (χ2v) is 5.30. The summed E-state index contributed by atoms with van der Waals surface area (Å²) in [5, 5.41) is 2.85. The number of hydrogen-bond donors (Lipinski definition) is 2. The Hall–Kier alpha value is -2.83. The van der Waals surface area contributed by atoms with E-state index in [9.17, 15) is 4.79 Å². The Morgan fingerprint density at radius 3 is 2.96 bits per heavy atom. The van der Waals surface area contributed by atoms with Gasteiger partial charge >= 0.3 is 0 Å². The largest absolute Gasteiger partial charge is 0.466 e. The Labute approximate surface area is 133 Å². The quantitative estimate of drug-likeness (QED) is 0.749. The van der Waals surface area contributed by atoms with Crippen molar-refractivity contribution >= 4 is 23.0 Å². The maximum absolute atomic E-state index is 12.2. The van der Waals surface area contributed by atoms with Crippen LogP contribution in [0, 0.1) is 6.92 Å². The fraction of sp³-hybridized carbons (Fsp3) is 0.312. The van der Waals surface area contributed by atoms with Gasteiger partial charge in [-0.1, -0.05) is 0 Å². The highest BCUT2D eigenvalue weighted by molar-refractivity contribution is 5.96. The number of nitrogens with zero attached hydrogens (tertiary/aromatic N) is 3. The Morgan fingerprint density at radius 1 is 1.43 bits per heavy atom. The fourth-order valence-electron chi connectivity index (χ4n) is 2.49. The van der Waals surface area contributed by atoms with Crippen molar-refractivity contribution in [2.45, 2.75) is 26.8 Å². The number of pyridine rings is 1. The lowest BCUT2D eigenvalue weighted by atomic mass is 10.2. The van der Waals surface area contributed by atoms with E-state index in [-0.39, 0.29) is 5.91 Å². The third kappa shape index (κ3) is 3.03. The summed E-state index contributed by atoms with van der Waals surface area (Å²) in [7, 11) is 0. The number of nitrogens with two attached hydrogens (primary N) is 1. The van der Waals surface area contributed by atoms with Crippen molar-refractivity contribution < 1.29 is 9.21 Å². The van der Waals surface area contributed by atoms with Gasteiger partial charge in [-0.25, -0.2) is 9.97 Å². The van der Waals surface area contributed by atoms with E-state index in [1.165, 1.54) is 0 Å². The average molecular weight is 313 g/mol. The standard InChI is InChI=1S/C16H19N5O2/c1-3-21-14-13(20-16(21)17)8-11(9-19-14)15(22)18-7-6-12-5-4-10(2)23-12/h4-5,8-9H,3,6-7H2,1-2H3,(H2,17,20)(H,18,22). The summed E-state index contributed by atoms with van der Waals surface area (Å²) in [6, 6.07) is 5.52. The van der Waals surface area contributed by atoms with E-state index in [0.29, 0.717) is 42.2 Å². The summed E-state index contributed by atoms with van der Waals surface area (Å²) in [5.41, 5.74) is 7.62. The number of imidazole rings is 1. The molecule has 0 spiro atoms. The van der Waals surface area contributed by atoms with E-state index in [1.807, 2.05) is 26.0 Å². The molecule has 7 nitrogen and oxygen atoms in total. The fourth-order valence-corrected chi connectivity index (χ4v) is 2.49. The monoisotopic (exact) mass is 313 g/mol. The maximum atomic E-state index is 12.2. The van der Waals surface area contributed by atoms with E-state index in [4.69, 9.17) is 10.2 Å². The molecule has 7 heteroatoms. The van der Waals surface area contributed by atoms with Crippen molar-refractivity contribution in [3.63, 3.8) is 0 Å². The molecular formula is C16H19N5O2. The predicted molar refractivity (Wildman–Crippen MR) is 87.1 cm³/mol. The van der Waals surface area contributed by atoms with Gasteiger partial charge in [-0.3, -0.25) is 9.36 Å². The number of anilines is 1. The summed E-state index contributed by atoms with van der Waals surface area (Å²) < 4.78 is 7.27. The number of carbonyl (C=O) groups is 1. The molecule has 0 aliphatic carbocycles. The van der Waals surface area contributed by atoms with Crippen LogP contribution in [0.15, 0.2) is 28.8 Å². The molecule has 23 heavy (non-hydrogen) atoms. The normalized spacial score (nSPS) is 11.0. The van der Waals surface area contributed by atoms with Gasteiger partial charge in [0, 0.05) is 25.7 Å². The highest BCUT2D eigenvalue weighted by Crippen LogP contribution is 2.16. The summed E-state index contributed by atoms with van der Waals surface area (Å²) in [5.74, 6) is 1.93.